The molecule has 1 saturated heterocycles. The molecule has 0 saturated carbocycles. The van der Waals surface area contributed by atoms with Crippen molar-refractivity contribution in [1.29, 1.82) is 0 Å². The Balaban J connectivity index is 3.27. The minimum Gasteiger partial charge on any atom is -0.756 e. The van der Waals surface area contributed by atoms with Crippen LogP contribution in [0.4, 0.5) is 26.3 Å². The van der Waals surface area contributed by atoms with Gasteiger partial charge in [0.2, 0.25) is 0 Å². The fourth-order valence-electron chi connectivity index (χ4n) is 1.76. The summed E-state index contributed by atoms with van der Waals surface area (Å²) in [4.78, 5) is 10.9. The molecule has 0 aromatic carbocycles. The molecule has 1 fully saturated rings. The quantitative estimate of drug-likeness (QED) is 0.551. The Labute approximate surface area is 97.5 Å². The van der Waals surface area contributed by atoms with Crippen LogP contribution in [0.25, 0.3) is 0 Å². The Hall–Kier alpha value is -0.310. The standard InChI is InChI=1S/C7H9F6O4P/c1-3-5(2,17-18(14,15)16-3)4(6(8,9)10)7(11,12)13/h3-4H,1-2H3,(H,14,15)/p-1. The Morgan fingerprint density at radius 3 is 1.83 bits per heavy atom. The zero-order valence-corrected chi connectivity index (χ0v) is 9.90. The van der Waals surface area contributed by atoms with Gasteiger partial charge in [-0.2, -0.15) is 26.3 Å². The third-order valence-corrected chi connectivity index (χ3v) is 3.82. The maximum Gasteiger partial charge on any atom is 0.403 e. The topological polar surface area (TPSA) is 58.6 Å². The van der Waals surface area contributed by atoms with Gasteiger partial charge in [0.25, 0.3) is 7.82 Å². The van der Waals surface area contributed by atoms with Gasteiger partial charge in [-0.25, -0.2) is 0 Å². The lowest BCUT2D eigenvalue weighted by Crippen LogP contribution is -2.56. The van der Waals surface area contributed by atoms with Crippen LogP contribution in [0.2, 0.25) is 0 Å². The van der Waals surface area contributed by atoms with Gasteiger partial charge in [-0.1, -0.05) is 0 Å². The number of hydrogen-bond acceptors (Lipinski definition) is 4. The van der Waals surface area contributed by atoms with Gasteiger partial charge in [-0.3, -0.25) is 4.57 Å². The van der Waals surface area contributed by atoms with Gasteiger partial charge in [0.05, 0.1) is 6.10 Å². The summed E-state index contributed by atoms with van der Waals surface area (Å²) in [6.07, 6.45) is -13.3. The molecule has 1 aliphatic heterocycles. The van der Waals surface area contributed by atoms with Crippen molar-refractivity contribution in [2.24, 2.45) is 5.92 Å². The van der Waals surface area contributed by atoms with Crippen LogP contribution in [0, 0.1) is 5.92 Å². The number of halogens is 6. The number of phosphoric ester groups is 1. The van der Waals surface area contributed by atoms with Crippen LogP contribution >= 0.6 is 7.82 Å². The SMILES string of the molecule is CC1OP(=O)([O-])OC1(C)C(C(F)(F)F)C(F)(F)F. The van der Waals surface area contributed by atoms with E-state index in [1.807, 2.05) is 0 Å². The first-order valence-electron chi connectivity index (χ1n) is 4.54. The molecule has 3 unspecified atom stereocenters. The van der Waals surface area contributed by atoms with Crippen LogP contribution in [0.1, 0.15) is 13.8 Å². The van der Waals surface area contributed by atoms with Gasteiger partial charge >= 0.3 is 12.4 Å². The van der Waals surface area contributed by atoms with E-state index in [0.717, 1.165) is 6.92 Å². The number of rotatable bonds is 1. The Morgan fingerprint density at radius 2 is 1.61 bits per heavy atom. The molecule has 1 aliphatic rings. The van der Waals surface area contributed by atoms with E-state index in [0.29, 0.717) is 6.92 Å². The van der Waals surface area contributed by atoms with E-state index in [1.165, 1.54) is 0 Å². The van der Waals surface area contributed by atoms with Crippen molar-refractivity contribution in [2.75, 3.05) is 0 Å². The summed E-state index contributed by atoms with van der Waals surface area (Å²) in [7, 11) is -5.16. The summed E-state index contributed by atoms with van der Waals surface area (Å²) in [5, 5.41) is 0. The molecule has 0 N–H and O–H groups in total. The van der Waals surface area contributed by atoms with Gasteiger partial charge in [0.15, 0.2) is 5.92 Å². The number of hydrogen-bond donors (Lipinski definition) is 0. The molecule has 0 amide bonds. The molecule has 0 radical (unpaired) electrons. The van der Waals surface area contributed by atoms with Crippen LogP contribution in [0.5, 0.6) is 0 Å². The van der Waals surface area contributed by atoms with Crippen molar-refractivity contribution in [2.45, 2.75) is 37.9 Å². The minimum atomic E-state index is -5.71. The molecule has 0 spiro atoms. The molecule has 0 aliphatic carbocycles. The van der Waals surface area contributed by atoms with E-state index in [2.05, 4.69) is 9.05 Å². The fraction of sp³-hybridized carbons (Fsp3) is 1.00. The first-order valence-corrected chi connectivity index (χ1v) is 6.00. The molecule has 1 rings (SSSR count). The van der Waals surface area contributed by atoms with Crippen LogP contribution in [-0.4, -0.2) is 24.1 Å². The molecular formula is C7H8F6O4P-. The van der Waals surface area contributed by atoms with Crippen LogP contribution < -0.4 is 4.89 Å². The van der Waals surface area contributed by atoms with Crippen molar-refractivity contribution in [1.82, 2.24) is 0 Å². The Bertz CT molecular complexity index is 365. The summed E-state index contributed by atoms with van der Waals surface area (Å²) < 4.78 is 93.7. The van der Waals surface area contributed by atoms with Gasteiger partial charge in [0.1, 0.15) is 5.60 Å². The highest BCUT2D eigenvalue weighted by atomic mass is 31.2. The maximum absolute atomic E-state index is 12.5. The zero-order chi connectivity index (χ0) is 14.6. The summed E-state index contributed by atoms with van der Waals surface area (Å²) >= 11 is 0. The Kier molecular flexibility index (Phi) is 3.58. The second-order valence-corrected chi connectivity index (χ2v) is 5.27. The van der Waals surface area contributed by atoms with Gasteiger partial charge in [-0.05, 0) is 13.8 Å². The molecule has 0 bridgehead atoms. The molecule has 11 heteroatoms. The number of phosphoric acid groups is 1. The fourth-order valence-corrected chi connectivity index (χ4v) is 3.13. The molecule has 0 aromatic heterocycles. The summed E-state index contributed by atoms with van der Waals surface area (Å²) in [6.45, 7) is 1.17. The smallest absolute Gasteiger partial charge is 0.403 e. The van der Waals surface area contributed by atoms with Crippen molar-refractivity contribution in [3.05, 3.63) is 0 Å². The van der Waals surface area contributed by atoms with E-state index in [9.17, 15) is 35.8 Å². The lowest BCUT2D eigenvalue weighted by Gasteiger charge is -2.37. The van der Waals surface area contributed by atoms with E-state index in [-0.39, 0.29) is 0 Å². The molecular weight excluding hydrogens is 293 g/mol. The molecule has 18 heavy (non-hydrogen) atoms. The summed E-state index contributed by atoms with van der Waals surface area (Å²) in [5.74, 6) is -3.96. The highest BCUT2D eigenvalue weighted by Gasteiger charge is 2.70. The average Bonchev–Trinajstić information content (AvgIpc) is 2.11. The number of alkyl halides is 6. The Morgan fingerprint density at radius 1 is 1.22 bits per heavy atom. The van der Waals surface area contributed by atoms with Crippen molar-refractivity contribution < 1.29 is 44.8 Å². The van der Waals surface area contributed by atoms with Crippen LogP contribution in [0.15, 0.2) is 0 Å². The largest absolute Gasteiger partial charge is 0.756 e. The van der Waals surface area contributed by atoms with Crippen molar-refractivity contribution in [3.8, 4) is 0 Å². The molecule has 3 atom stereocenters. The normalized spacial score (nSPS) is 38.4. The third kappa shape index (κ3) is 2.81. The van der Waals surface area contributed by atoms with Gasteiger partial charge in [-0.15, -0.1) is 0 Å². The molecule has 0 aromatic rings. The van der Waals surface area contributed by atoms with Crippen molar-refractivity contribution >= 4 is 7.82 Å². The second kappa shape index (κ2) is 4.09. The lowest BCUT2D eigenvalue weighted by molar-refractivity contribution is -0.325. The lowest BCUT2D eigenvalue weighted by atomic mass is 9.84. The molecule has 1 heterocycles. The molecule has 108 valence electrons. The average molecular weight is 301 g/mol. The second-order valence-electron chi connectivity index (χ2n) is 3.99. The van der Waals surface area contributed by atoms with E-state index >= 15 is 0 Å². The van der Waals surface area contributed by atoms with E-state index in [1.54, 1.807) is 0 Å². The van der Waals surface area contributed by atoms with Gasteiger partial charge < -0.3 is 13.9 Å². The summed E-state index contributed by atoms with van der Waals surface area (Å²) in [5.41, 5.74) is -3.08. The molecule has 4 nitrogen and oxygen atoms in total. The van der Waals surface area contributed by atoms with Crippen molar-refractivity contribution in [3.63, 3.8) is 0 Å². The van der Waals surface area contributed by atoms with Crippen LogP contribution in [-0.2, 0) is 13.6 Å². The first kappa shape index (κ1) is 15.7. The minimum absolute atomic E-state index is 0.404. The predicted molar refractivity (Wildman–Crippen MR) is 43.2 cm³/mol. The van der Waals surface area contributed by atoms with Gasteiger partial charge in [0, 0.05) is 0 Å². The van der Waals surface area contributed by atoms with E-state index < -0.39 is 37.8 Å². The maximum atomic E-state index is 12.5. The first-order chi connectivity index (χ1) is 7.70. The zero-order valence-electron chi connectivity index (χ0n) is 9.00. The third-order valence-electron chi connectivity index (χ3n) is 2.63. The highest BCUT2D eigenvalue weighted by molar-refractivity contribution is 7.46. The van der Waals surface area contributed by atoms with Crippen LogP contribution in [0.3, 0.4) is 0 Å². The van der Waals surface area contributed by atoms with E-state index in [4.69, 9.17) is 0 Å². The predicted octanol–water partition coefficient (Wildman–Crippen LogP) is 2.39. The highest BCUT2D eigenvalue weighted by Crippen LogP contribution is 2.61. The monoisotopic (exact) mass is 301 g/mol. The summed E-state index contributed by atoms with van der Waals surface area (Å²) in [6, 6.07) is 0.